The minimum atomic E-state index is -1.94. The Morgan fingerprint density at radius 3 is 1.92 bits per heavy atom. The van der Waals surface area contributed by atoms with Gasteiger partial charge in [0, 0.05) is 11.8 Å². The van der Waals surface area contributed by atoms with Gasteiger partial charge in [0.1, 0.15) is 0 Å². The SMILES string of the molecule is CC(C)(C)[Si](C)(C)OC[C@H](O[Si](C)(C)C(C)(C)C)[C@@]1(C)C=CC(=O)CC1. The Morgan fingerprint density at radius 1 is 1.04 bits per heavy atom. The topological polar surface area (TPSA) is 35.5 Å². The number of carbonyl (C=O) groups is 1. The van der Waals surface area contributed by atoms with E-state index in [9.17, 15) is 4.79 Å². The number of allylic oxidation sites excluding steroid dienone is 1. The fraction of sp³-hybridized carbons (Fsp3) is 0.857. The zero-order chi connectivity index (χ0) is 20.6. The number of carbonyl (C=O) groups excluding carboxylic acids is 1. The molecule has 1 aliphatic rings. The van der Waals surface area contributed by atoms with Crippen LogP contribution < -0.4 is 0 Å². The summed E-state index contributed by atoms with van der Waals surface area (Å²) in [5.74, 6) is 0.221. The van der Waals surface area contributed by atoms with Gasteiger partial charge in [0.2, 0.25) is 0 Å². The van der Waals surface area contributed by atoms with Gasteiger partial charge in [-0.15, -0.1) is 0 Å². The predicted molar refractivity (Wildman–Crippen MR) is 117 cm³/mol. The molecule has 0 saturated carbocycles. The maximum absolute atomic E-state index is 11.7. The lowest BCUT2D eigenvalue weighted by Crippen LogP contribution is -2.52. The Morgan fingerprint density at radius 2 is 1.54 bits per heavy atom. The molecule has 0 fully saturated rings. The van der Waals surface area contributed by atoms with Crippen molar-refractivity contribution in [2.45, 2.75) is 104 Å². The molecule has 0 aliphatic heterocycles. The van der Waals surface area contributed by atoms with Gasteiger partial charge in [-0.3, -0.25) is 4.79 Å². The van der Waals surface area contributed by atoms with Crippen LogP contribution in [0.4, 0.5) is 0 Å². The van der Waals surface area contributed by atoms with Gasteiger partial charge in [0.15, 0.2) is 22.4 Å². The van der Waals surface area contributed by atoms with E-state index in [1.165, 1.54) is 0 Å². The summed E-state index contributed by atoms with van der Waals surface area (Å²) < 4.78 is 13.4. The standard InChI is InChI=1S/C21H42O3Si2/c1-19(2,3)25(8,9)23-16-18(24-26(10,11)20(4,5)6)21(7)14-12-17(22)13-15-21/h12,14,18H,13,15-16H2,1-11H3/t18-,21-/m0/s1. The predicted octanol–water partition coefficient (Wildman–Crippen LogP) is 6.32. The molecule has 0 aromatic carbocycles. The fourth-order valence-electron chi connectivity index (χ4n) is 2.50. The van der Waals surface area contributed by atoms with Crippen molar-refractivity contribution >= 4 is 22.4 Å². The average molecular weight is 399 g/mol. The Bertz CT molecular complexity index is 538. The van der Waals surface area contributed by atoms with Crippen LogP contribution in [0.15, 0.2) is 12.2 Å². The molecule has 26 heavy (non-hydrogen) atoms. The highest BCUT2D eigenvalue weighted by atomic mass is 28.4. The molecule has 1 rings (SSSR count). The third-order valence-corrected chi connectivity index (χ3v) is 15.9. The molecule has 0 N–H and O–H groups in total. The van der Waals surface area contributed by atoms with Crippen molar-refractivity contribution in [3.63, 3.8) is 0 Å². The maximum Gasteiger partial charge on any atom is 0.192 e. The molecule has 1 aliphatic carbocycles. The molecular weight excluding hydrogens is 356 g/mol. The largest absolute Gasteiger partial charge is 0.414 e. The zero-order valence-corrected chi connectivity index (χ0v) is 21.1. The molecule has 0 aromatic heterocycles. The van der Waals surface area contributed by atoms with Crippen molar-refractivity contribution in [2.24, 2.45) is 5.41 Å². The van der Waals surface area contributed by atoms with Crippen molar-refractivity contribution in [1.29, 1.82) is 0 Å². The van der Waals surface area contributed by atoms with E-state index in [1.807, 2.05) is 0 Å². The minimum Gasteiger partial charge on any atom is -0.414 e. The highest BCUT2D eigenvalue weighted by Gasteiger charge is 2.46. The molecule has 0 aromatic rings. The Labute approximate surface area is 164 Å². The van der Waals surface area contributed by atoms with Crippen LogP contribution >= 0.6 is 0 Å². The van der Waals surface area contributed by atoms with Crippen molar-refractivity contribution in [2.75, 3.05) is 6.61 Å². The van der Waals surface area contributed by atoms with Gasteiger partial charge in [0.05, 0.1) is 12.7 Å². The van der Waals surface area contributed by atoms with Gasteiger partial charge < -0.3 is 8.85 Å². The van der Waals surface area contributed by atoms with Crippen molar-refractivity contribution in [3.05, 3.63) is 12.2 Å². The van der Waals surface area contributed by atoms with Gasteiger partial charge in [0.25, 0.3) is 0 Å². The first-order valence-electron chi connectivity index (χ1n) is 9.95. The number of hydrogen-bond donors (Lipinski definition) is 0. The number of ketones is 1. The first kappa shape index (κ1) is 23.8. The summed E-state index contributed by atoms with van der Waals surface area (Å²) in [4.78, 5) is 11.7. The van der Waals surface area contributed by atoms with Crippen molar-refractivity contribution < 1.29 is 13.6 Å². The summed E-state index contributed by atoms with van der Waals surface area (Å²) in [6.45, 7) is 25.6. The molecular formula is C21H42O3Si2. The van der Waals surface area contributed by atoms with Crippen LogP contribution in [0.3, 0.4) is 0 Å². The monoisotopic (exact) mass is 398 g/mol. The van der Waals surface area contributed by atoms with E-state index in [2.05, 4.69) is 80.7 Å². The second-order valence-electron chi connectivity index (χ2n) is 11.2. The summed E-state index contributed by atoms with van der Waals surface area (Å²) in [5.41, 5.74) is -0.147. The van der Waals surface area contributed by atoms with Gasteiger partial charge in [-0.1, -0.05) is 54.5 Å². The molecule has 2 atom stereocenters. The molecule has 0 bridgehead atoms. The number of hydrogen-bond acceptors (Lipinski definition) is 3. The lowest BCUT2D eigenvalue weighted by atomic mass is 9.76. The van der Waals surface area contributed by atoms with Crippen LogP contribution in [0.1, 0.15) is 61.3 Å². The summed E-state index contributed by atoms with van der Waals surface area (Å²) >= 11 is 0. The van der Waals surface area contributed by atoms with E-state index in [1.54, 1.807) is 6.08 Å². The molecule has 5 heteroatoms. The molecule has 152 valence electrons. The van der Waals surface area contributed by atoms with E-state index in [0.29, 0.717) is 13.0 Å². The van der Waals surface area contributed by atoms with E-state index in [4.69, 9.17) is 8.85 Å². The zero-order valence-electron chi connectivity index (χ0n) is 19.1. The Hall–Kier alpha value is -0.236. The third kappa shape index (κ3) is 5.63. The lowest BCUT2D eigenvalue weighted by Gasteiger charge is -2.47. The van der Waals surface area contributed by atoms with Crippen molar-refractivity contribution in [3.8, 4) is 0 Å². The maximum atomic E-state index is 11.7. The normalized spacial score (nSPS) is 24.0. The van der Waals surface area contributed by atoms with Gasteiger partial charge in [-0.2, -0.15) is 0 Å². The van der Waals surface area contributed by atoms with E-state index in [0.717, 1.165) is 6.42 Å². The highest BCUT2D eigenvalue weighted by Crippen LogP contribution is 2.43. The highest BCUT2D eigenvalue weighted by molar-refractivity contribution is 6.74. The Balaban J connectivity index is 3.11. The molecule has 0 radical (unpaired) electrons. The van der Waals surface area contributed by atoms with Gasteiger partial charge in [-0.05, 0) is 48.8 Å². The number of rotatable bonds is 6. The smallest absolute Gasteiger partial charge is 0.192 e. The summed E-state index contributed by atoms with van der Waals surface area (Å²) in [5, 5.41) is 0.320. The molecule has 0 unspecified atom stereocenters. The third-order valence-electron chi connectivity index (χ3n) is 6.94. The van der Waals surface area contributed by atoms with Crippen LogP contribution in [0.2, 0.25) is 36.3 Å². The van der Waals surface area contributed by atoms with Crippen LogP contribution in [0.25, 0.3) is 0 Å². The van der Waals surface area contributed by atoms with Crippen LogP contribution in [0, 0.1) is 5.41 Å². The molecule has 0 amide bonds. The van der Waals surface area contributed by atoms with Crippen LogP contribution in [-0.4, -0.2) is 35.1 Å². The summed E-state index contributed by atoms with van der Waals surface area (Å²) in [7, 11) is -3.80. The first-order valence-corrected chi connectivity index (χ1v) is 15.8. The molecule has 3 nitrogen and oxygen atoms in total. The molecule has 0 saturated heterocycles. The summed E-state index contributed by atoms with van der Waals surface area (Å²) in [6, 6.07) is 0. The Kier molecular flexibility index (Phi) is 7.00. The summed E-state index contributed by atoms with van der Waals surface area (Å²) in [6.07, 6.45) is 5.25. The quantitative estimate of drug-likeness (QED) is 0.491. The fourth-order valence-corrected chi connectivity index (χ4v) is 4.91. The second-order valence-corrected chi connectivity index (χ2v) is 20.8. The van der Waals surface area contributed by atoms with Crippen LogP contribution in [0.5, 0.6) is 0 Å². The average Bonchev–Trinajstić information content (AvgIpc) is 2.44. The first-order chi connectivity index (χ1) is 11.4. The van der Waals surface area contributed by atoms with Crippen molar-refractivity contribution in [1.82, 2.24) is 0 Å². The molecule has 0 heterocycles. The van der Waals surface area contributed by atoms with E-state index < -0.39 is 16.6 Å². The second kappa shape index (κ2) is 7.65. The lowest BCUT2D eigenvalue weighted by molar-refractivity contribution is -0.116. The van der Waals surface area contributed by atoms with Crippen LogP contribution in [-0.2, 0) is 13.6 Å². The van der Waals surface area contributed by atoms with E-state index in [-0.39, 0.29) is 27.4 Å². The van der Waals surface area contributed by atoms with Gasteiger partial charge >= 0.3 is 0 Å². The van der Waals surface area contributed by atoms with Gasteiger partial charge in [-0.25, -0.2) is 0 Å². The molecule has 0 spiro atoms. The van der Waals surface area contributed by atoms with E-state index >= 15 is 0 Å². The minimum absolute atomic E-state index is 0.0122.